The molecular weight excluding hydrogens is 246 g/mol. The van der Waals surface area contributed by atoms with Crippen molar-refractivity contribution in [1.82, 2.24) is 4.90 Å². The van der Waals surface area contributed by atoms with Gasteiger partial charge in [-0.05, 0) is 24.5 Å². The fourth-order valence-corrected chi connectivity index (χ4v) is 2.53. The van der Waals surface area contributed by atoms with Crippen LogP contribution in [-0.2, 0) is 20.7 Å². The molecule has 1 aromatic heterocycles. The number of nitrogens with zero attached hydrogens (tertiary/aromatic N) is 1. The molecular formula is C14H21NO4. The Morgan fingerprint density at radius 2 is 2.37 bits per heavy atom. The number of furan rings is 1. The SMILES string of the molecule is COC[C@@H]1C[C@H](OC)CN1C(=O)CCc1ccoc1. The lowest BCUT2D eigenvalue weighted by Gasteiger charge is -2.23. The number of methoxy groups -OCH3 is 2. The van der Waals surface area contributed by atoms with Crippen LogP contribution in [0.25, 0.3) is 0 Å². The summed E-state index contributed by atoms with van der Waals surface area (Å²) in [6.07, 6.45) is 5.49. The topological polar surface area (TPSA) is 51.9 Å². The lowest BCUT2D eigenvalue weighted by Crippen LogP contribution is -2.38. The van der Waals surface area contributed by atoms with Crippen molar-refractivity contribution >= 4 is 5.91 Å². The number of carbonyl (C=O) groups excluding carboxylic acids is 1. The van der Waals surface area contributed by atoms with Crippen LogP contribution in [0.2, 0.25) is 0 Å². The summed E-state index contributed by atoms with van der Waals surface area (Å²) >= 11 is 0. The number of aryl methyl sites for hydroxylation is 1. The maximum atomic E-state index is 12.3. The summed E-state index contributed by atoms with van der Waals surface area (Å²) in [6.45, 7) is 1.23. The zero-order valence-electron chi connectivity index (χ0n) is 11.5. The van der Waals surface area contributed by atoms with E-state index < -0.39 is 0 Å². The van der Waals surface area contributed by atoms with Crippen molar-refractivity contribution in [3.05, 3.63) is 24.2 Å². The molecule has 5 nitrogen and oxygen atoms in total. The van der Waals surface area contributed by atoms with Gasteiger partial charge in [-0.15, -0.1) is 0 Å². The van der Waals surface area contributed by atoms with Gasteiger partial charge in [-0.2, -0.15) is 0 Å². The molecule has 2 heterocycles. The van der Waals surface area contributed by atoms with Crippen molar-refractivity contribution < 1.29 is 18.7 Å². The van der Waals surface area contributed by atoms with E-state index in [1.54, 1.807) is 26.7 Å². The number of hydrogen-bond donors (Lipinski definition) is 0. The van der Waals surface area contributed by atoms with Crippen molar-refractivity contribution in [3.63, 3.8) is 0 Å². The van der Waals surface area contributed by atoms with Gasteiger partial charge in [0.1, 0.15) is 0 Å². The van der Waals surface area contributed by atoms with Crippen molar-refractivity contribution in [2.24, 2.45) is 0 Å². The van der Waals surface area contributed by atoms with E-state index in [1.165, 1.54) is 0 Å². The minimum absolute atomic E-state index is 0.123. The molecule has 1 aliphatic heterocycles. The molecule has 19 heavy (non-hydrogen) atoms. The largest absolute Gasteiger partial charge is 0.472 e. The zero-order valence-corrected chi connectivity index (χ0v) is 11.5. The molecule has 1 amide bonds. The van der Waals surface area contributed by atoms with Gasteiger partial charge in [-0.25, -0.2) is 0 Å². The number of likely N-dealkylation sites (tertiary alicyclic amines) is 1. The fraction of sp³-hybridized carbons (Fsp3) is 0.643. The lowest BCUT2D eigenvalue weighted by molar-refractivity contribution is -0.133. The fourth-order valence-electron chi connectivity index (χ4n) is 2.53. The van der Waals surface area contributed by atoms with Gasteiger partial charge in [0.25, 0.3) is 0 Å². The van der Waals surface area contributed by atoms with Crippen molar-refractivity contribution in [2.45, 2.75) is 31.4 Å². The van der Waals surface area contributed by atoms with Gasteiger partial charge in [0.15, 0.2) is 0 Å². The summed E-state index contributed by atoms with van der Waals surface area (Å²) in [5.74, 6) is 0.155. The van der Waals surface area contributed by atoms with Gasteiger partial charge in [0.05, 0.1) is 31.3 Å². The van der Waals surface area contributed by atoms with Gasteiger partial charge in [-0.1, -0.05) is 0 Å². The molecule has 1 saturated heterocycles. The summed E-state index contributed by atoms with van der Waals surface area (Å²) in [6, 6.07) is 2.02. The number of hydrogen-bond acceptors (Lipinski definition) is 4. The third-order valence-electron chi connectivity index (χ3n) is 3.60. The van der Waals surface area contributed by atoms with E-state index in [1.807, 2.05) is 11.0 Å². The molecule has 0 radical (unpaired) electrons. The first kappa shape index (κ1) is 14.1. The molecule has 2 atom stereocenters. The highest BCUT2D eigenvalue weighted by molar-refractivity contribution is 5.77. The highest BCUT2D eigenvalue weighted by atomic mass is 16.5. The molecule has 1 fully saturated rings. The second kappa shape index (κ2) is 6.73. The molecule has 0 bridgehead atoms. The average molecular weight is 267 g/mol. The summed E-state index contributed by atoms with van der Waals surface area (Å²) in [4.78, 5) is 14.2. The molecule has 0 unspecified atom stereocenters. The van der Waals surface area contributed by atoms with Gasteiger partial charge in [0, 0.05) is 27.2 Å². The van der Waals surface area contributed by atoms with E-state index in [0.29, 0.717) is 26.0 Å². The Morgan fingerprint density at radius 3 is 3.00 bits per heavy atom. The van der Waals surface area contributed by atoms with Crippen LogP contribution in [0, 0.1) is 0 Å². The maximum absolute atomic E-state index is 12.3. The molecule has 106 valence electrons. The molecule has 5 heteroatoms. The normalized spacial score (nSPS) is 22.9. The Bertz CT molecular complexity index is 390. The first-order chi connectivity index (χ1) is 9.24. The predicted octanol–water partition coefficient (Wildman–Crippen LogP) is 1.47. The Hall–Kier alpha value is -1.33. The second-order valence-electron chi connectivity index (χ2n) is 4.88. The van der Waals surface area contributed by atoms with Gasteiger partial charge in [-0.3, -0.25) is 4.79 Å². The summed E-state index contributed by atoms with van der Waals surface area (Å²) in [5.41, 5.74) is 1.05. The third-order valence-corrected chi connectivity index (χ3v) is 3.60. The van der Waals surface area contributed by atoms with Crippen LogP contribution in [0.1, 0.15) is 18.4 Å². The zero-order chi connectivity index (χ0) is 13.7. The van der Waals surface area contributed by atoms with Crippen LogP contribution in [-0.4, -0.2) is 50.3 Å². The Kier molecular flexibility index (Phi) is 4.99. The Morgan fingerprint density at radius 1 is 1.53 bits per heavy atom. The molecule has 0 aliphatic carbocycles. The van der Waals surface area contributed by atoms with Crippen LogP contribution in [0.5, 0.6) is 0 Å². The Balaban J connectivity index is 1.88. The highest BCUT2D eigenvalue weighted by Crippen LogP contribution is 2.21. The van der Waals surface area contributed by atoms with Crippen LogP contribution < -0.4 is 0 Å². The van der Waals surface area contributed by atoms with Crippen LogP contribution >= 0.6 is 0 Å². The third kappa shape index (κ3) is 3.58. The predicted molar refractivity (Wildman–Crippen MR) is 69.8 cm³/mol. The molecule has 1 aliphatic rings. The second-order valence-corrected chi connectivity index (χ2v) is 4.88. The molecule has 2 rings (SSSR count). The van der Waals surface area contributed by atoms with Crippen LogP contribution in [0.3, 0.4) is 0 Å². The highest BCUT2D eigenvalue weighted by Gasteiger charge is 2.34. The van der Waals surface area contributed by atoms with E-state index in [4.69, 9.17) is 13.9 Å². The lowest BCUT2D eigenvalue weighted by atomic mass is 10.1. The average Bonchev–Trinajstić information content (AvgIpc) is 3.05. The van der Waals surface area contributed by atoms with Crippen molar-refractivity contribution in [3.8, 4) is 0 Å². The first-order valence-corrected chi connectivity index (χ1v) is 6.57. The Labute approximate surface area is 113 Å². The van der Waals surface area contributed by atoms with Crippen LogP contribution in [0.4, 0.5) is 0 Å². The van der Waals surface area contributed by atoms with E-state index in [0.717, 1.165) is 12.0 Å². The van der Waals surface area contributed by atoms with E-state index >= 15 is 0 Å². The molecule has 0 aromatic carbocycles. The number of carbonyl (C=O) groups is 1. The number of amides is 1. The van der Waals surface area contributed by atoms with E-state index in [-0.39, 0.29) is 18.1 Å². The number of rotatable bonds is 6. The minimum Gasteiger partial charge on any atom is -0.472 e. The first-order valence-electron chi connectivity index (χ1n) is 6.57. The quantitative estimate of drug-likeness (QED) is 0.783. The van der Waals surface area contributed by atoms with Crippen LogP contribution in [0.15, 0.2) is 23.0 Å². The summed E-state index contributed by atoms with van der Waals surface area (Å²) in [5, 5.41) is 0. The maximum Gasteiger partial charge on any atom is 0.223 e. The monoisotopic (exact) mass is 267 g/mol. The number of ether oxygens (including phenoxy) is 2. The summed E-state index contributed by atoms with van der Waals surface area (Å²) in [7, 11) is 3.35. The van der Waals surface area contributed by atoms with Crippen molar-refractivity contribution in [1.29, 1.82) is 0 Å². The van der Waals surface area contributed by atoms with E-state index in [2.05, 4.69) is 0 Å². The minimum atomic E-state index is 0.123. The molecule has 0 spiro atoms. The molecule has 1 aromatic rings. The summed E-state index contributed by atoms with van der Waals surface area (Å²) < 4.78 is 15.5. The molecule has 0 saturated carbocycles. The smallest absolute Gasteiger partial charge is 0.223 e. The van der Waals surface area contributed by atoms with Gasteiger partial charge >= 0.3 is 0 Å². The van der Waals surface area contributed by atoms with Crippen molar-refractivity contribution in [2.75, 3.05) is 27.4 Å². The van der Waals surface area contributed by atoms with Gasteiger partial charge in [0.2, 0.25) is 5.91 Å². The standard InChI is InChI=1S/C14H21NO4/c1-17-10-12-7-13(18-2)8-15(12)14(16)4-3-11-5-6-19-9-11/h5-6,9,12-13H,3-4,7-8,10H2,1-2H3/t12-,13-/m0/s1. The van der Waals surface area contributed by atoms with Gasteiger partial charge < -0.3 is 18.8 Å². The van der Waals surface area contributed by atoms with E-state index in [9.17, 15) is 4.79 Å². The molecule has 0 N–H and O–H groups in total.